The van der Waals surface area contributed by atoms with Crippen LogP contribution in [0.25, 0.3) is 0 Å². The zero-order valence-corrected chi connectivity index (χ0v) is 17.0. The first-order valence-electron chi connectivity index (χ1n) is 10.2. The molecule has 0 saturated carbocycles. The number of hydrogen-bond donors (Lipinski definition) is 2. The molecule has 1 atom stereocenters. The third kappa shape index (κ3) is 6.96. The average Bonchev–Trinajstić information content (AvgIpc) is 2.68. The van der Waals surface area contributed by atoms with Crippen LogP contribution in [0.3, 0.4) is 0 Å². The van der Waals surface area contributed by atoms with Crippen LogP contribution in [0.15, 0.2) is 24.3 Å². The highest BCUT2D eigenvalue weighted by Gasteiger charge is 2.26. The number of carbonyl (C=O) groups excluding carboxylic acids is 2. The number of nitrogens with zero attached hydrogens (tertiary/aromatic N) is 2. The third-order valence-electron chi connectivity index (χ3n) is 5.18. The van der Waals surface area contributed by atoms with E-state index in [4.69, 9.17) is 0 Å². The standard InChI is InChI=1S/C21H34N4O2/c1-4-6-11-22-20(26)16-24-12-14-25(15-13-24)17(3)21(27)23-19-9-7-18(5-2)8-10-19/h7-10,17H,4-6,11-16H2,1-3H3,(H,22,26)(H,23,27)/t17-/m1/s1. The highest BCUT2D eigenvalue weighted by molar-refractivity contribution is 5.94. The molecule has 1 aliphatic rings. The molecule has 0 bridgehead atoms. The molecule has 1 aromatic rings. The van der Waals surface area contributed by atoms with Gasteiger partial charge in [-0.25, -0.2) is 0 Å². The molecule has 27 heavy (non-hydrogen) atoms. The van der Waals surface area contributed by atoms with Gasteiger partial charge in [0.2, 0.25) is 11.8 Å². The van der Waals surface area contributed by atoms with E-state index in [1.807, 2.05) is 31.2 Å². The molecule has 1 saturated heterocycles. The van der Waals surface area contributed by atoms with Crippen molar-refractivity contribution in [1.29, 1.82) is 0 Å². The van der Waals surface area contributed by atoms with Gasteiger partial charge >= 0.3 is 0 Å². The maximum atomic E-state index is 12.5. The summed E-state index contributed by atoms with van der Waals surface area (Å²) in [5.41, 5.74) is 2.10. The summed E-state index contributed by atoms with van der Waals surface area (Å²) in [4.78, 5) is 28.8. The van der Waals surface area contributed by atoms with Gasteiger partial charge in [-0.1, -0.05) is 32.4 Å². The minimum absolute atomic E-state index is 0.0185. The second-order valence-electron chi connectivity index (χ2n) is 7.23. The minimum atomic E-state index is -0.184. The van der Waals surface area contributed by atoms with E-state index in [2.05, 4.69) is 34.3 Å². The Morgan fingerprint density at radius 3 is 2.33 bits per heavy atom. The summed E-state index contributed by atoms with van der Waals surface area (Å²) in [6.07, 6.45) is 3.10. The van der Waals surface area contributed by atoms with Gasteiger partial charge in [0.15, 0.2) is 0 Å². The van der Waals surface area contributed by atoms with Crippen molar-refractivity contribution in [2.24, 2.45) is 0 Å². The minimum Gasteiger partial charge on any atom is -0.355 e. The first kappa shape index (κ1) is 21.4. The van der Waals surface area contributed by atoms with Crippen LogP contribution in [0.5, 0.6) is 0 Å². The van der Waals surface area contributed by atoms with E-state index in [0.29, 0.717) is 6.54 Å². The van der Waals surface area contributed by atoms with Crippen LogP contribution < -0.4 is 10.6 Å². The van der Waals surface area contributed by atoms with Gasteiger partial charge in [-0.15, -0.1) is 0 Å². The first-order chi connectivity index (χ1) is 13.0. The molecule has 1 aliphatic heterocycles. The zero-order valence-electron chi connectivity index (χ0n) is 17.0. The molecular formula is C21H34N4O2. The number of nitrogens with one attached hydrogen (secondary N) is 2. The molecule has 0 unspecified atom stereocenters. The number of piperazine rings is 1. The Kier molecular flexibility index (Phi) is 8.75. The third-order valence-corrected chi connectivity index (χ3v) is 5.18. The molecule has 0 aromatic heterocycles. The summed E-state index contributed by atoms with van der Waals surface area (Å²) in [5.74, 6) is 0.114. The number of carbonyl (C=O) groups is 2. The van der Waals surface area contributed by atoms with Gasteiger partial charge in [0, 0.05) is 38.4 Å². The van der Waals surface area contributed by atoms with Crippen LogP contribution in [-0.2, 0) is 16.0 Å². The van der Waals surface area contributed by atoms with Crippen LogP contribution in [0.1, 0.15) is 39.2 Å². The quantitative estimate of drug-likeness (QED) is 0.650. The smallest absolute Gasteiger partial charge is 0.241 e. The molecule has 2 amide bonds. The molecule has 6 nitrogen and oxygen atoms in total. The van der Waals surface area contributed by atoms with Gasteiger partial charge in [-0.05, 0) is 37.5 Å². The first-order valence-corrected chi connectivity index (χ1v) is 10.2. The van der Waals surface area contributed by atoms with Crippen LogP contribution in [0, 0.1) is 0 Å². The number of benzene rings is 1. The lowest BCUT2D eigenvalue weighted by atomic mass is 10.1. The van der Waals surface area contributed by atoms with Crippen molar-refractivity contribution < 1.29 is 9.59 Å². The fourth-order valence-electron chi connectivity index (χ4n) is 3.21. The largest absolute Gasteiger partial charge is 0.355 e. The fourth-order valence-corrected chi connectivity index (χ4v) is 3.21. The number of anilines is 1. The number of hydrogen-bond acceptors (Lipinski definition) is 4. The van der Waals surface area contributed by atoms with E-state index in [-0.39, 0.29) is 17.9 Å². The van der Waals surface area contributed by atoms with Crippen molar-refractivity contribution in [3.63, 3.8) is 0 Å². The molecule has 0 aliphatic carbocycles. The van der Waals surface area contributed by atoms with Crippen molar-refractivity contribution in [1.82, 2.24) is 15.1 Å². The monoisotopic (exact) mass is 374 g/mol. The van der Waals surface area contributed by atoms with E-state index in [0.717, 1.165) is 57.7 Å². The van der Waals surface area contributed by atoms with Crippen LogP contribution in [-0.4, -0.2) is 66.9 Å². The summed E-state index contributed by atoms with van der Waals surface area (Å²) in [6.45, 7) is 10.6. The predicted molar refractivity (Wildman–Crippen MR) is 110 cm³/mol. The van der Waals surface area contributed by atoms with Crippen LogP contribution in [0.2, 0.25) is 0 Å². The molecule has 6 heteroatoms. The van der Waals surface area contributed by atoms with E-state index < -0.39 is 0 Å². The lowest BCUT2D eigenvalue weighted by Crippen LogP contribution is -2.54. The number of aryl methyl sites for hydroxylation is 1. The molecular weight excluding hydrogens is 340 g/mol. The summed E-state index contributed by atoms with van der Waals surface area (Å²) >= 11 is 0. The molecule has 1 heterocycles. The van der Waals surface area contributed by atoms with Crippen molar-refractivity contribution in [3.8, 4) is 0 Å². The van der Waals surface area contributed by atoms with E-state index in [1.165, 1.54) is 5.56 Å². The maximum absolute atomic E-state index is 12.5. The lowest BCUT2D eigenvalue weighted by Gasteiger charge is -2.37. The summed E-state index contributed by atoms with van der Waals surface area (Å²) in [5, 5.41) is 5.96. The Balaban J connectivity index is 1.73. The Hall–Kier alpha value is -1.92. The molecule has 2 rings (SSSR count). The van der Waals surface area contributed by atoms with Crippen molar-refractivity contribution in [2.45, 2.75) is 46.1 Å². The predicted octanol–water partition coefficient (Wildman–Crippen LogP) is 2.11. The highest BCUT2D eigenvalue weighted by atomic mass is 16.2. The Morgan fingerprint density at radius 2 is 1.74 bits per heavy atom. The maximum Gasteiger partial charge on any atom is 0.241 e. The van der Waals surface area contributed by atoms with Gasteiger partial charge in [0.05, 0.1) is 12.6 Å². The van der Waals surface area contributed by atoms with E-state index in [1.54, 1.807) is 0 Å². The highest BCUT2D eigenvalue weighted by Crippen LogP contribution is 2.12. The number of rotatable bonds is 9. The number of unbranched alkanes of at least 4 members (excludes halogenated alkanes) is 1. The SMILES string of the molecule is CCCCNC(=O)CN1CCN([C@H](C)C(=O)Nc2ccc(CC)cc2)CC1. The fraction of sp³-hybridized carbons (Fsp3) is 0.619. The average molecular weight is 375 g/mol. The summed E-state index contributed by atoms with van der Waals surface area (Å²) < 4.78 is 0. The second-order valence-corrected chi connectivity index (χ2v) is 7.23. The van der Waals surface area contributed by atoms with Gasteiger partial charge in [0.25, 0.3) is 0 Å². The molecule has 2 N–H and O–H groups in total. The Labute approximate surface area is 163 Å². The van der Waals surface area contributed by atoms with Gasteiger partial charge < -0.3 is 10.6 Å². The molecule has 0 spiro atoms. The van der Waals surface area contributed by atoms with Crippen molar-refractivity contribution in [2.75, 3.05) is 44.6 Å². The lowest BCUT2D eigenvalue weighted by molar-refractivity contribution is -0.124. The normalized spacial score (nSPS) is 16.7. The number of amides is 2. The van der Waals surface area contributed by atoms with Gasteiger partial charge in [0.1, 0.15) is 0 Å². The summed E-state index contributed by atoms with van der Waals surface area (Å²) in [7, 11) is 0. The molecule has 150 valence electrons. The second kappa shape index (κ2) is 11.0. The van der Waals surface area contributed by atoms with Crippen LogP contribution >= 0.6 is 0 Å². The Morgan fingerprint density at radius 1 is 1.07 bits per heavy atom. The molecule has 1 fully saturated rings. The topological polar surface area (TPSA) is 64.7 Å². The summed E-state index contributed by atoms with van der Waals surface area (Å²) in [6, 6.07) is 7.82. The van der Waals surface area contributed by atoms with Gasteiger partial charge in [-0.3, -0.25) is 19.4 Å². The van der Waals surface area contributed by atoms with Crippen LogP contribution in [0.4, 0.5) is 5.69 Å². The van der Waals surface area contributed by atoms with E-state index in [9.17, 15) is 9.59 Å². The van der Waals surface area contributed by atoms with Crippen molar-refractivity contribution >= 4 is 17.5 Å². The van der Waals surface area contributed by atoms with E-state index >= 15 is 0 Å². The molecule has 1 aromatic carbocycles. The zero-order chi connectivity index (χ0) is 19.6. The van der Waals surface area contributed by atoms with Gasteiger partial charge in [-0.2, -0.15) is 0 Å². The Bertz CT molecular complexity index is 595. The van der Waals surface area contributed by atoms with Crippen molar-refractivity contribution in [3.05, 3.63) is 29.8 Å². The molecule has 0 radical (unpaired) electrons.